The Morgan fingerprint density at radius 3 is 1.76 bits per heavy atom. The molecule has 0 bridgehead atoms. The summed E-state index contributed by atoms with van der Waals surface area (Å²) in [6, 6.07) is 14.4. The van der Waals surface area contributed by atoms with Crippen LogP contribution in [-0.2, 0) is 0 Å². The normalized spacial score (nSPS) is 9.12. The summed E-state index contributed by atoms with van der Waals surface area (Å²) in [5, 5.41) is 3.09. The van der Waals surface area contributed by atoms with Crippen molar-refractivity contribution in [3.8, 4) is 0 Å². The smallest absolute Gasteiger partial charge is 0.150 e. The van der Waals surface area contributed by atoms with E-state index in [0.29, 0.717) is 16.9 Å². The zero-order chi connectivity index (χ0) is 19.7. The van der Waals surface area contributed by atoms with Crippen molar-refractivity contribution in [1.82, 2.24) is 0 Å². The van der Waals surface area contributed by atoms with Crippen molar-refractivity contribution in [2.75, 3.05) is 11.1 Å². The molecule has 4 nitrogen and oxygen atoms in total. The van der Waals surface area contributed by atoms with Gasteiger partial charge in [-0.2, -0.15) is 0 Å². The molecule has 0 heterocycles. The maximum atomic E-state index is 10.6. The molecule has 2 rings (SSSR count). The Bertz CT molecular complexity index is 588. The van der Waals surface area contributed by atoms with E-state index in [-0.39, 0.29) is 0 Å². The minimum atomic E-state index is 0.592. The quantitative estimate of drug-likeness (QED) is 0.503. The molecule has 0 aromatic heterocycles. The Balaban J connectivity index is 0. The first-order valence-corrected chi connectivity index (χ1v) is 8.82. The summed E-state index contributed by atoms with van der Waals surface area (Å²) >= 11 is 0. The molecule has 138 valence electrons. The van der Waals surface area contributed by atoms with Crippen LogP contribution >= 0.6 is 0 Å². The van der Waals surface area contributed by atoms with Gasteiger partial charge in [0.15, 0.2) is 0 Å². The molecule has 0 spiro atoms. The van der Waals surface area contributed by atoms with Crippen LogP contribution in [-0.4, -0.2) is 6.29 Å². The molecule has 2 aromatic rings. The number of anilines is 2. The number of hydrogen-bond donors (Lipinski definition) is 3. The number of benzene rings is 2. The van der Waals surface area contributed by atoms with E-state index in [1.165, 1.54) is 0 Å². The van der Waals surface area contributed by atoms with Gasteiger partial charge in [-0.25, -0.2) is 0 Å². The maximum Gasteiger partial charge on any atom is 0.150 e. The second kappa shape index (κ2) is 16.1. The maximum absolute atomic E-state index is 10.6. The van der Waals surface area contributed by atoms with E-state index in [1.54, 1.807) is 30.5 Å². The molecule has 0 aliphatic heterocycles. The summed E-state index contributed by atoms with van der Waals surface area (Å²) < 4.78 is 0. The van der Waals surface area contributed by atoms with Gasteiger partial charge in [-0.3, -0.25) is 4.79 Å². The van der Waals surface area contributed by atoms with Gasteiger partial charge >= 0.3 is 0 Å². The van der Waals surface area contributed by atoms with E-state index in [1.807, 2.05) is 65.8 Å². The average molecular weight is 344 g/mol. The van der Waals surface area contributed by atoms with Crippen LogP contribution in [0.3, 0.4) is 0 Å². The number of rotatable bonds is 4. The molecule has 4 heteroatoms. The second-order valence-electron chi connectivity index (χ2n) is 4.11. The van der Waals surface area contributed by atoms with E-state index in [2.05, 4.69) is 5.32 Å². The van der Waals surface area contributed by atoms with Gasteiger partial charge in [0.05, 0.1) is 5.70 Å². The van der Waals surface area contributed by atoms with Gasteiger partial charge in [0, 0.05) is 23.1 Å². The highest BCUT2D eigenvalue weighted by Gasteiger charge is 1.97. The summed E-state index contributed by atoms with van der Waals surface area (Å²) in [4.78, 5) is 10.6. The molecule has 0 saturated carbocycles. The lowest BCUT2D eigenvalue weighted by molar-refractivity contribution is 0.112. The molecule has 25 heavy (non-hydrogen) atoms. The van der Waals surface area contributed by atoms with Gasteiger partial charge < -0.3 is 16.8 Å². The fourth-order valence-electron chi connectivity index (χ4n) is 1.58. The minimum absolute atomic E-state index is 0.592. The predicted molar refractivity (Wildman–Crippen MR) is 113 cm³/mol. The molecular formula is C21H33N3O. The minimum Gasteiger partial charge on any atom is -0.399 e. The second-order valence-corrected chi connectivity index (χ2v) is 4.11. The third kappa shape index (κ3) is 9.87. The lowest BCUT2D eigenvalue weighted by atomic mass is 10.1. The fourth-order valence-corrected chi connectivity index (χ4v) is 1.58. The van der Waals surface area contributed by atoms with Crippen LogP contribution in [0.2, 0.25) is 0 Å². The Kier molecular flexibility index (Phi) is 15.8. The van der Waals surface area contributed by atoms with Gasteiger partial charge in [-0.1, -0.05) is 65.8 Å². The third-order valence-electron chi connectivity index (χ3n) is 2.69. The van der Waals surface area contributed by atoms with Gasteiger partial charge in [0.1, 0.15) is 6.29 Å². The zero-order valence-corrected chi connectivity index (χ0v) is 16.3. The van der Waals surface area contributed by atoms with Crippen LogP contribution in [0, 0.1) is 0 Å². The summed E-state index contributed by atoms with van der Waals surface area (Å²) in [7, 11) is 0. The van der Waals surface area contributed by atoms with E-state index in [9.17, 15) is 4.79 Å². The zero-order valence-electron chi connectivity index (χ0n) is 16.3. The Morgan fingerprint density at radius 1 is 0.840 bits per heavy atom. The Labute approximate surface area is 152 Å². The third-order valence-corrected chi connectivity index (χ3v) is 2.69. The topological polar surface area (TPSA) is 81.1 Å². The first-order chi connectivity index (χ1) is 12.2. The number of carbonyl (C=O) groups is 1. The molecule has 0 aliphatic carbocycles. The molecule has 0 radical (unpaired) electrons. The van der Waals surface area contributed by atoms with Gasteiger partial charge in [-0.05, 0) is 29.8 Å². The summed E-state index contributed by atoms with van der Waals surface area (Å²) in [6.07, 6.45) is 2.51. The van der Waals surface area contributed by atoms with Crippen LogP contribution < -0.4 is 16.8 Å². The number of hydrogen-bond acceptors (Lipinski definition) is 4. The Morgan fingerprint density at radius 2 is 1.32 bits per heavy atom. The van der Waals surface area contributed by atoms with E-state index < -0.39 is 0 Å². The van der Waals surface area contributed by atoms with Crippen LogP contribution in [0.5, 0.6) is 0 Å². The Hall–Kier alpha value is -2.75. The van der Waals surface area contributed by atoms with Crippen molar-refractivity contribution in [2.24, 2.45) is 5.73 Å². The molecule has 5 N–H and O–H groups in total. The first-order valence-electron chi connectivity index (χ1n) is 8.82. The van der Waals surface area contributed by atoms with E-state index in [4.69, 9.17) is 11.5 Å². The monoisotopic (exact) mass is 343 g/mol. The van der Waals surface area contributed by atoms with E-state index in [0.717, 1.165) is 17.5 Å². The molecule has 0 unspecified atom stereocenters. The summed E-state index contributed by atoms with van der Waals surface area (Å²) in [6.45, 7) is 12.0. The van der Waals surface area contributed by atoms with Crippen molar-refractivity contribution < 1.29 is 4.79 Å². The molecule has 0 atom stereocenters. The number of carbonyl (C=O) groups excluding carboxylic acids is 1. The molecule has 2 aromatic carbocycles. The van der Waals surface area contributed by atoms with Gasteiger partial charge in [-0.15, -0.1) is 0 Å². The van der Waals surface area contributed by atoms with Crippen LogP contribution in [0.1, 0.15) is 57.5 Å². The van der Waals surface area contributed by atoms with Crippen LogP contribution in [0.25, 0.3) is 5.70 Å². The number of nitrogen functional groups attached to an aromatic ring is 1. The molecule has 0 saturated heterocycles. The number of aldehydes is 1. The molecule has 0 aliphatic rings. The van der Waals surface area contributed by atoms with Crippen molar-refractivity contribution in [2.45, 2.75) is 41.5 Å². The average Bonchev–Trinajstić information content (AvgIpc) is 2.72. The highest BCUT2D eigenvalue weighted by molar-refractivity contribution is 5.76. The molecule has 0 amide bonds. The number of nitrogens with two attached hydrogens (primary N) is 2. The van der Waals surface area contributed by atoms with Crippen LogP contribution in [0.4, 0.5) is 11.4 Å². The fraction of sp³-hybridized carbons (Fsp3) is 0.286. The summed E-state index contributed by atoms with van der Waals surface area (Å²) in [5.41, 5.74) is 15.2. The van der Waals surface area contributed by atoms with Crippen molar-refractivity contribution in [3.05, 3.63) is 65.9 Å². The van der Waals surface area contributed by atoms with Gasteiger partial charge in [0.25, 0.3) is 0 Å². The molecule has 0 fully saturated rings. The molecular weight excluding hydrogens is 310 g/mol. The highest BCUT2D eigenvalue weighted by Crippen LogP contribution is 2.13. The summed E-state index contributed by atoms with van der Waals surface area (Å²) in [5.74, 6) is 0. The first kappa shape index (κ1) is 24.5. The highest BCUT2D eigenvalue weighted by atomic mass is 16.1. The lowest BCUT2D eigenvalue weighted by Crippen LogP contribution is -2.00. The standard InChI is InChI=1S/C15H15N3O.3C2H6/c16-13-5-7-14(8-6-13)18-9-15(17)12-3-1-11(10-19)2-4-12;3*1-2/h1-10,18H,16-17H2;3*1-2H3/b15-9-;;;. The number of nitrogens with one attached hydrogen (secondary N) is 1. The SMILES string of the molecule is CC.CC.CC.N/C(=C\Nc1ccc(N)cc1)c1ccc(C=O)cc1. The lowest BCUT2D eigenvalue weighted by Gasteiger charge is -2.05. The predicted octanol–water partition coefficient (Wildman–Crippen LogP) is 5.53. The van der Waals surface area contributed by atoms with Crippen molar-refractivity contribution >= 4 is 23.4 Å². The van der Waals surface area contributed by atoms with Crippen molar-refractivity contribution in [1.29, 1.82) is 0 Å². The van der Waals surface area contributed by atoms with E-state index >= 15 is 0 Å². The van der Waals surface area contributed by atoms with Gasteiger partial charge in [0.2, 0.25) is 0 Å². The van der Waals surface area contributed by atoms with Crippen LogP contribution in [0.15, 0.2) is 54.7 Å². The largest absolute Gasteiger partial charge is 0.399 e. The van der Waals surface area contributed by atoms with Crippen molar-refractivity contribution in [3.63, 3.8) is 0 Å².